The molecule has 19 heavy (non-hydrogen) atoms. The van der Waals surface area contributed by atoms with Gasteiger partial charge in [0.1, 0.15) is 0 Å². The molecule has 3 N–H and O–H groups in total. The van der Waals surface area contributed by atoms with Crippen LogP contribution in [0.3, 0.4) is 0 Å². The molecule has 0 atom stereocenters. The first-order valence-corrected chi connectivity index (χ1v) is 6.20. The van der Waals surface area contributed by atoms with Gasteiger partial charge in [-0.2, -0.15) is 0 Å². The van der Waals surface area contributed by atoms with Gasteiger partial charge in [-0.1, -0.05) is 24.3 Å². The van der Waals surface area contributed by atoms with Crippen molar-refractivity contribution in [2.75, 3.05) is 11.1 Å². The molecule has 0 aliphatic rings. The number of pyridine rings is 1. The van der Waals surface area contributed by atoms with E-state index in [1.807, 2.05) is 42.6 Å². The molecular formula is C16H15N3. The molecule has 0 saturated carbocycles. The van der Waals surface area contributed by atoms with Gasteiger partial charge in [-0.25, -0.2) is 0 Å². The Morgan fingerprint density at radius 2 is 1.84 bits per heavy atom. The summed E-state index contributed by atoms with van der Waals surface area (Å²) in [4.78, 5) is 4.11. The Kier molecular flexibility index (Phi) is 2.80. The van der Waals surface area contributed by atoms with Gasteiger partial charge in [0.2, 0.25) is 0 Å². The highest BCUT2D eigenvalue weighted by Gasteiger charge is 2.05. The second-order valence-corrected chi connectivity index (χ2v) is 4.56. The topological polar surface area (TPSA) is 50.9 Å². The van der Waals surface area contributed by atoms with Crippen LogP contribution in [-0.2, 0) is 0 Å². The molecule has 0 spiro atoms. The van der Waals surface area contributed by atoms with E-state index in [-0.39, 0.29) is 0 Å². The number of hydrogen-bond donors (Lipinski definition) is 2. The van der Waals surface area contributed by atoms with Crippen molar-refractivity contribution in [1.82, 2.24) is 4.98 Å². The minimum absolute atomic E-state index is 0.753. The average Bonchev–Trinajstić information content (AvgIpc) is 2.44. The molecule has 0 aliphatic carbocycles. The van der Waals surface area contributed by atoms with Crippen LogP contribution in [0.15, 0.2) is 54.9 Å². The van der Waals surface area contributed by atoms with Crippen molar-refractivity contribution in [2.24, 2.45) is 0 Å². The lowest BCUT2D eigenvalue weighted by Crippen LogP contribution is -1.98. The van der Waals surface area contributed by atoms with Gasteiger partial charge in [0, 0.05) is 28.9 Å². The van der Waals surface area contributed by atoms with Gasteiger partial charge in [-0.05, 0) is 30.7 Å². The van der Waals surface area contributed by atoms with Crippen LogP contribution in [0.2, 0.25) is 0 Å². The number of aryl methyl sites for hydroxylation is 1. The van der Waals surface area contributed by atoms with Gasteiger partial charge >= 0.3 is 0 Å². The lowest BCUT2D eigenvalue weighted by atomic mass is 10.1. The highest BCUT2D eigenvalue weighted by molar-refractivity contribution is 5.99. The summed E-state index contributed by atoms with van der Waals surface area (Å²) in [6, 6.07) is 14.1. The van der Waals surface area contributed by atoms with Crippen molar-refractivity contribution in [3.63, 3.8) is 0 Å². The highest BCUT2D eigenvalue weighted by atomic mass is 14.9. The minimum Gasteiger partial charge on any atom is -0.397 e. The third-order valence-corrected chi connectivity index (χ3v) is 3.28. The van der Waals surface area contributed by atoms with Gasteiger partial charge in [-0.3, -0.25) is 4.98 Å². The Morgan fingerprint density at radius 3 is 2.68 bits per heavy atom. The van der Waals surface area contributed by atoms with Crippen molar-refractivity contribution < 1.29 is 0 Å². The lowest BCUT2D eigenvalue weighted by molar-refractivity contribution is 1.36. The zero-order valence-electron chi connectivity index (χ0n) is 10.7. The summed E-state index contributed by atoms with van der Waals surface area (Å²) in [5.74, 6) is 0. The molecule has 0 bridgehead atoms. The summed E-state index contributed by atoms with van der Waals surface area (Å²) in [6.07, 6.45) is 3.58. The Morgan fingerprint density at radius 1 is 1.00 bits per heavy atom. The van der Waals surface area contributed by atoms with E-state index in [2.05, 4.69) is 23.3 Å². The van der Waals surface area contributed by atoms with Crippen LogP contribution in [-0.4, -0.2) is 4.98 Å². The van der Waals surface area contributed by atoms with Gasteiger partial charge in [0.05, 0.1) is 11.4 Å². The van der Waals surface area contributed by atoms with Crippen LogP contribution < -0.4 is 11.1 Å². The van der Waals surface area contributed by atoms with Crippen LogP contribution in [0.4, 0.5) is 17.1 Å². The van der Waals surface area contributed by atoms with E-state index >= 15 is 0 Å². The SMILES string of the molecule is Cc1ccccc1Nc1ccc2cnccc2c1N. The number of benzene rings is 2. The summed E-state index contributed by atoms with van der Waals surface area (Å²) < 4.78 is 0. The zero-order chi connectivity index (χ0) is 13.2. The van der Waals surface area contributed by atoms with Crippen molar-refractivity contribution in [2.45, 2.75) is 6.92 Å². The minimum atomic E-state index is 0.753. The third kappa shape index (κ3) is 2.10. The first-order chi connectivity index (χ1) is 9.25. The predicted molar refractivity (Wildman–Crippen MR) is 80.6 cm³/mol. The highest BCUT2D eigenvalue weighted by Crippen LogP contribution is 2.31. The van der Waals surface area contributed by atoms with Crippen LogP contribution in [0.5, 0.6) is 0 Å². The van der Waals surface area contributed by atoms with Crippen LogP contribution >= 0.6 is 0 Å². The summed E-state index contributed by atoms with van der Waals surface area (Å²) in [6.45, 7) is 2.07. The molecule has 2 aromatic carbocycles. The maximum absolute atomic E-state index is 6.23. The molecule has 1 heterocycles. The Bertz CT molecular complexity index is 735. The van der Waals surface area contributed by atoms with E-state index in [0.717, 1.165) is 27.8 Å². The second-order valence-electron chi connectivity index (χ2n) is 4.56. The summed E-state index contributed by atoms with van der Waals surface area (Å²) in [7, 11) is 0. The Hall–Kier alpha value is -2.55. The third-order valence-electron chi connectivity index (χ3n) is 3.28. The second kappa shape index (κ2) is 4.61. The quantitative estimate of drug-likeness (QED) is 0.678. The maximum atomic E-state index is 6.23. The van der Waals surface area contributed by atoms with Gasteiger partial charge in [0.25, 0.3) is 0 Å². The number of nitrogens with one attached hydrogen (secondary N) is 1. The molecule has 3 rings (SSSR count). The fraction of sp³-hybridized carbons (Fsp3) is 0.0625. The molecule has 3 nitrogen and oxygen atoms in total. The fourth-order valence-electron chi connectivity index (χ4n) is 2.16. The number of aromatic nitrogens is 1. The van der Waals surface area contributed by atoms with E-state index in [9.17, 15) is 0 Å². The van der Waals surface area contributed by atoms with Crippen molar-refractivity contribution in [3.05, 3.63) is 60.4 Å². The fourth-order valence-corrected chi connectivity index (χ4v) is 2.16. The predicted octanol–water partition coefficient (Wildman–Crippen LogP) is 3.87. The zero-order valence-corrected chi connectivity index (χ0v) is 10.7. The van der Waals surface area contributed by atoms with E-state index in [4.69, 9.17) is 5.73 Å². The van der Waals surface area contributed by atoms with Crippen LogP contribution in [0.1, 0.15) is 5.56 Å². The largest absolute Gasteiger partial charge is 0.397 e. The maximum Gasteiger partial charge on any atom is 0.0634 e. The van der Waals surface area contributed by atoms with Crippen LogP contribution in [0.25, 0.3) is 10.8 Å². The first kappa shape index (κ1) is 11.5. The Labute approximate surface area is 112 Å². The number of nitrogen functional groups attached to an aromatic ring is 1. The molecule has 3 heteroatoms. The molecule has 0 radical (unpaired) electrons. The van der Waals surface area contributed by atoms with E-state index < -0.39 is 0 Å². The molecule has 0 aliphatic heterocycles. The molecule has 3 aromatic rings. The van der Waals surface area contributed by atoms with E-state index in [0.29, 0.717) is 0 Å². The number of anilines is 3. The number of nitrogens with zero attached hydrogens (tertiary/aromatic N) is 1. The lowest BCUT2D eigenvalue weighted by Gasteiger charge is -2.13. The van der Waals surface area contributed by atoms with Gasteiger partial charge in [-0.15, -0.1) is 0 Å². The van der Waals surface area contributed by atoms with Crippen molar-refractivity contribution in [3.8, 4) is 0 Å². The van der Waals surface area contributed by atoms with Crippen molar-refractivity contribution in [1.29, 1.82) is 0 Å². The normalized spacial score (nSPS) is 10.6. The monoisotopic (exact) mass is 249 g/mol. The average molecular weight is 249 g/mol. The van der Waals surface area contributed by atoms with Crippen molar-refractivity contribution >= 4 is 27.8 Å². The molecule has 0 fully saturated rings. The summed E-state index contributed by atoms with van der Waals surface area (Å²) in [5, 5.41) is 5.46. The first-order valence-electron chi connectivity index (χ1n) is 6.20. The van der Waals surface area contributed by atoms with Gasteiger partial charge in [0.15, 0.2) is 0 Å². The molecule has 1 aromatic heterocycles. The summed E-state index contributed by atoms with van der Waals surface area (Å²) >= 11 is 0. The molecule has 0 amide bonds. The van der Waals surface area contributed by atoms with E-state index in [1.54, 1.807) is 6.20 Å². The number of para-hydroxylation sites is 1. The Balaban J connectivity index is 2.07. The van der Waals surface area contributed by atoms with Crippen LogP contribution in [0, 0.1) is 6.92 Å². The van der Waals surface area contributed by atoms with E-state index in [1.165, 1.54) is 5.56 Å². The number of nitrogens with two attached hydrogens (primary N) is 1. The smallest absolute Gasteiger partial charge is 0.0634 e. The molecular weight excluding hydrogens is 234 g/mol. The molecule has 94 valence electrons. The number of fused-ring (bicyclic) bond motifs is 1. The number of rotatable bonds is 2. The standard InChI is InChI=1S/C16H15N3/c1-11-4-2-3-5-14(11)19-15-7-6-12-10-18-9-8-13(12)16(15)17/h2-10,19H,17H2,1H3. The van der Waals surface area contributed by atoms with Gasteiger partial charge < -0.3 is 11.1 Å². The molecule has 0 unspecified atom stereocenters. The molecule has 0 saturated heterocycles. The summed E-state index contributed by atoms with van der Waals surface area (Å²) in [5.41, 5.74) is 10.2. The number of hydrogen-bond acceptors (Lipinski definition) is 3.